The predicted molar refractivity (Wildman–Crippen MR) is 66.5 cm³/mol. The molecular formula is C15H17FO2. The minimum atomic E-state index is -0.598. The lowest BCUT2D eigenvalue weighted by atomic mass is 9.96. The molecule has 1 fully saturated rings. The third kappa shape index (κ3) is 1.98. The number of hydrogen-bond acceptors (Lipinski definition) is 2. The van der Waals surface area contributed by atoms with Crippen molar-refractivity contribution in [3.8, 4) is 0 Å². The summed E-state index contributed by atoms with van der Waals surface area (Å²) in [5.41, 5.74) is 0.226. The average molecular weight is 248 g/mol. The van der Waals surface area contributed by atoms with Gasteiger partial charge in [0.05, 0.1) is 6.61 Å². The van der Waals surface area contributed by atoms with Crippen LogP contribution in [0.25, 0.3) is 0 Å². The maximum Gasteiger partial charge on any atom is 0.189 e. The first-order valence-electron chi connectivity index (χ1n) is 6.43. The monoisotopic (exact) mass is 248 g/mol. The Balaban J connectivity index is 1.88. The van der Waals surface area contributed by atoms with Gasteiger partial charge in [-0.3, -0.25) is 0 Å². The topological polar surface area (TPSA) is 18.5 Å². The fourth-order valence-electron chi connectivity index (χ4n) is 2.67. The van der Waals surface area contributed by atoms with Crippen LogP contribution >= 0.6 is 0 Å². The van der Waals surface area contributed by atoms with Crippen molar-refractivity contribution in [2.45, 2.75) is 37.6 Å². The van der Waals surface area contributed by atoms with E-state index in [1.54, 1.807) is 6.07 Å². The second-order valence-corrected chi connectivity index (χ2v) is 5.17. The van der Waals surface area contributed by atoms with Crippen LogP contribution in [-0.2, 0) is 15.1 Å². The Hall–Kier alpha value is -1.19. The maximum absolute atomic E-state index is 13.3. The second kappa shape index (κ2) is 4.18. The number of halogens is 1. The van der Waals surface area contributed by atoms with Gasteiger partial charge in [0.1, 0.15) is 11.4 Å². The molecule has 2 aliphatic heterocycles. The van der Waals surface area contributed by atoms with Crippen LogP contribution in [0.4, 0.5) is 4.39 Å². The lowest BCUT2D eigenvalue weighted by molar-refractivity contribution is -0.251. The fraction of sp³-hybridized carbons (Fsp3) is 0.467. The highest BCUT2D eigenvalue weighted by molar-refractivity contribution is 5.31. The molecule has 2 nitrogen and oxygen atoms in total. The van der Waals surface area contributed by atoms with Gasteiger partial charge in [0.25, 0.3) is 0 Å². The van der Waals surface area contributed by atoms with Crippen molar-refractivity contribution in [1.82, 2.24) is 0 Å². The summed E-state index contributed by atoms with van der Waals surface area (Å²) in [7, 11) is 0. The van der Waals surface area contributed by atoms with Crippen LogP contribution in [0.2, 0.25) is 0 Å². The first-order valence-corrected chi connectivity index (χ1v) is 6.43. The molecule has 0 bridgehead atoms. The van der Waals surface area contributed by atoms with Gasteiger partial charge in [-0.15, -0.1) is 0 Å². The lowest BCUT2D eigenvalue weighted by Crippen LogP contribution is -2.38. The summed E-state index contributed by atoms with van der Waals surface area (Å²) < 4.78 is 25.2. The van der Waals surface area contributed by atoms with E-state index >= 15 is 0 Å². The molecule has 18 heavy (non-hydrogen) atoms. The van der Waals surface area contributed by atoms with E-state index in [1.807, 2.05) is 25.1 Å². The molecule has 3 rings (SSSR count). The summed E-state index contributed by atoms with van der Waals surface area (Å²) in [6, 6.07) is 6.56. The number of rotatable bonds is 1. The van der Waals surface area contributed by atoms with Crippen LogP contribution in [0.5, 0.6) is 0 Å². The highest BCUT2D eigenvalue weighted by Gasteiger charge is 2.44. The van der Waals surface area contributed by atoms with Gasteiger partial charge in [-0.25, -0.2) is 4.39 Å². The first-order chi connectivity index (χ1) is 8.62. The molecule has 0 aliphatic carbocycles. The molecule has 1 spiro atoms. The van der Waals surface area contributed by atoms with E-state index < -0.39 is 11.4 Å². The van der Waals surface area contributed by atoms with Crippen molar-refractivity contribution < 1.29 is 13.9 Å². The van der Waals surface area contributed by atoms with E-state index in [-0.39, 0.29) is 5.82 Å². The Morgan fingerprint density at radius 1 is 1.22 bits per heavy atom. The van der Waals surface area contributed by atoms with E-state index in [9.17, 15) is 4.39 Å². The van der Waals surface area contributed by atoms with Gasteiger partial charge in [0.15, 0.2) is 5.79 Å². The number of ether oxygens (including phenoxy) is 2. The van der Waals surface area contributed by atoms with Crippen LogP contribution < -0.4 is 0 Å². The standard InChI is InChI=1S/C15H17FO2/c1-14(12-5-4-6-13(16)11-12)8-9-15(18-14)7-2-3-10-17-15/h4-6,8-9,11H,2-3,7,10H2,1H3. The van der Waals surface area contributed by atoms with Crippen LogP contribution in [0.15, 0.2) is 36.4 Å². The molecule has 0 saturated carbocycles. The van der Waals surface area contributed by atoms with Gasteiger partial charge in [-0.1, -0.05) is 12.1 Å². The van der Waals surface area contributed by atoms with E-state index in [1.165, 1.54) is 12.1 Å². The van der Waals surface area contributed by atoms with Gasteiger partial charge in [0, 0.05) is 6.42 Å². The third-order valence-electron chi connectivity index (χ3n) is 3.70. The molecule has 0 aromatic heterocycles. The van der Waals surface area contributed by atoms with Gasteiger partial charge >= 0.3 is 0 Å². The van der Waals surface area contributed by atoms with Crippen molar-refractivity contribution in [3.63, 3.8) is 0 Å². The molecule has 1 aromatic carbocycles. The van der Waals surface area contributed by atoms with Crippen LogP contribution in [0, 0.1) is 5.82 Å². The summed E-state index contributed by atoms with van der Waals surface area (Å²) in [5.74, 6) is -0.837. The molecule has 0 radical (unpaired) electrons. The molecule has 96 valence electrons. The minimum Gasteiger partial charge on any atom is -0.346 e. The zero-order chi connectivity index (χ0) is 12.6. The Kier molecular flexibility index (Phi) is 2.76. The van der Waals surface area contributed by atoms with E-state index in [2.05, 4.69) is 0 Å². The van der Waals surface area contributed by atoms with Crippen LogP contribution in [-0.4, -0.2) is 12.4 Å². The summed E-state index contributed by atoms with van der Waals surface area (Å²) in [6.45, 7) is 2.68. The largest absolute Gasteiger partial charge is 0.346 e. The molecule has 2 atom stereocenters. The molecule has 2 aliphatic rings. The van der Waals surface area contributed by atoms with E-state index in [0.717, 1.165) is 31.4 Å². The van der Waals surface area contributed by atoms with Gasteiger partial charge < -0.3 is 9.47 Å². The van der Waals surface area contributed by atoms with E-state index in [4.69, 9.17) is 9.47 Å². The summed E-state index contributed by atoms with van der Waals surface area (Å²) in [6.07, 6.45) is 7.01. The van der Waals surface area contributed by atoms with Crippen LogP contribution in [0.3, 0.4) is 0 Å². The quantitative estimate of drug-likeness (QED) is 0.708. The Labute approximate surface area is 106 Å². The van der Waals surface area contributed by atoms with Crippen molar-refractivity contribution >= 4 is 0 Å². The number of benzene rings is 1. The van der Waals surface area contributed by atoms with Crippen molar-refractivity contribution in [2.75, 3.05) is 6.61 Å². The minimum absolute atomic E-state index is 0.240. The molecule has 3 heteroatoms. The van der Waals surface area contributed by atoms with Crippen molar-refractivity contribution in [3.05, 3.63) is 47.8 Å². The Morgan fingerprint density at radius 2 is 2.11 bits per heavy atom. The number of hydrogen-bond donors (Lipinski definition) is 0. The molecular weight excluding hydrogens is 231 g/mol. The molecule has 0 N–H and O–H groups in total. The lowest BCUT2D eigenvalue weighted by Gasteiger charge is -2.36. The Bertz CT molecular complexity index is 477. The molecule has 2 heterocycles. The highest BCUT2D eigenvalue weighted by atomic mass is 19.1. The maximum atomic E-state index is 13.3. The van der Waals surface area contributed by atoms with Gasteiger partial charge in [-0.05, 0) is 49.6 Å². The Morgan fingerprint density at radius 3 is 2.83 bits per heavy atom. The summed E-state index contributed by atoms with van der Waals surface area (Å²) in [4.78, 5) is 0. The smallest absolute Gasteiger partial charge is 0.189 e. The molecule has 1 aromatic rings. The fourth-order valence-corrected chi connectivity index (χ4v) is 2.67. The van der Waals surface area contributed by atoms with Crippen molar-refractivity contribution in [1.29, 1.82) is 0 Å². The predicted octanol–water partition coefficient (Wildman–Crippen LogP) is 3.52. The third-order valence-corrected chi connectivity index (χ3v) is 3.70. The molecule has 1 saturated heterocycles. The average Bonchev–Trinajstić information content (AvgIpc) is 2.69. The molecule has 2 unspecified atom stereocenters. The molecule has 0 amide bonds. The zero-order valence-corrected chi connectivity index (χ0v) is 10.5. The summed E-state index contributed by atoms with van der Waals surface area (Å²) in [5, 5.41) is 0. The second-order valence-electron chi connectivity index (χ2n) is 5.17. The SMILES string of the molecule is CC1(c2cccc(F)c2)C=CC2(CCCCO2)O1. The summed E-state index contributed by atoms with van der Waals surface area (Å²) >= 11 is 0. The van der Waals surface area contributed by atoms with Crippen LogP contribution in [0.1, 0.15) is 31.7 Å². The van der Waals surface area contributed by atoms with Gasteiger partial charge in [0.2, 0.25) is 0 Å². The first kappa shape index (κ1) is 11.9. The van der Waals surface area contributed by atoms with Gasteiger partial charge in [-0.2, -0.15) is 0 Å². The van der Waals surface area contributed by atoms with E-state index in [0.29, 0.717) is 0 Å². The zero-order valence-electron chi connectivity index (χ0n) is 10.5. The normalized spacial score (nSPS) is 35.2. The van der Waals surface area contributed by atoms with Crippen molar-refractivity contribution in [2.24, 2.45) is 0 Å². The highest BCUT2D eigenvalue weighted by Crippen LogP contribution is 2.43.